The van der Waals surface area contributed by atoms with Gasteiger partial charge in [0, 0.05) is 5.56 Å². The van der Waals surface area contributed by atoms with Gasteiger partial charge in [0.1, 0.15) is 4.92 Å². The van der Waals surface area contributed by atoms with E-state index in [9.17, 15) is 19.7 Å². The van der Waals surface area contributed by atoms with Crippen LogP contribution in [0.5, 0.6) is 0 Å². The fourth-order valence-corrected chi connectivity index (χ4v) is 2.68. The lowest BCUT2D eigenvalue weighted by molar-refractivity contribution is -0.402. The Kier molecular flexibility index (Phi) is 6.67. The predicted molar refractivity (Wildman–Crippen MR) is 109 cm³/mol. The van der Waals surface area contributed by atoms with Gasteiger partial charge in [0.15, 0.2) is 5.76 Å². The number of nitro groups is 1. The van der Waals surface area contributed by atoms with Crippen molar-refractivity contribution >= 4 is 23.9 Å². The van der Waals surface area contributed by atoms with Crippen LogP contribution in [-0.2, 0) is 4.79 Å². The van der Waals surface area contributed by atoms with Gasteiger partial charge in [-0.2, -0.15) is 5.10 Å². The van der Waals surface area contributed by atoms with Crippen LogP contribution in [0.15, 0.2) is 82.3 Å². The lowest BCUT2D eigenvalue weighted by Gasteiger charge is -2.18. The molecule has 1 aromatic heterocycles. The summed E-state index contributed by atoms with van der Waals surface area (Å²) in [5.41, 5.74) is 3.58. The highest BCUT2D eigenvalue weighted by Gasteiger charge is 2.19. The van der Waals surface area contributed by atoms with Gasteiger partial charge in [-0.05, 0) is 23.8 Å². The molecule has 1 atom stereocenters. The van der Waals surface area contributed by atoms with Gasteiger partial charge in [-0.1, -0.05) is 48.5 Å². The maximum absolute atomic E-state index is 12.5. The van der Waals surface area contributed by atoms with E-state index in [-0.39, 0.29) is 18.1 Å². The molecule has 2 amide bonds. The van der Waals surface area contributed by atoms with Crippen LogP contribution in [-0.4, -0.2) is 23.0 Å². The Hall–Kier alpha value is -4.27. The molecule has 9 heteroatoms. The first kappa shape index (κ1) is 20.5. The highest BCUT2D eigenvalue weighted by atomic mass is 16.6. The first-order chi connectivity index (χ1) is 14.5. The molecule has 0 fully saturated rings. The molecule has 0 aliphatic heterocycles. The Morgan fingerprint density at radius 3 is 2.33 bits per heavy atom. The topological polar surface area (TPSA) is 127 Å². The fraction of sp³-hybridized carbons (Fsp3) is 0.0952. The fourth-order valence-electron chi connectivity index (χ4n) is 2.68. The van der Waals surface area contributed by atoms with E-state index in [1.807, 2.05) is 36.4 Å². The molecule has 2 aromatic carbocycles. The molecule has 3 aromatic rings. The number of hydrazone groups is 1. The molecule has 0 radical (unpaired) electrons. The average Bonchev–Trinajstić information content (AvgIpc) is 3.24. The van der Waals surface area contributed by atoms with Crippen LogP contribution >= 0.6 is 0 Å². The molecule has 1 heterocycles. The third-order valence-electron chi connectivity index (χ3n) is 4.11. The monoisotopic (exact) mass is 406 g/mol. The maximum Gasteiger partial charge on any atom is 0.433 e. The first-order valence-corrected chi connectivity index (χ1v) is 9.00. The third-order valence-corrected chi connectivity index (χ3v) is 4.11. The quantitative estimate of drug-likeness (QED) is 0.337. The summed E-state index contributed by atoms with van der Waals surface area (Å²) >= 11 is 0. The van der Waals surface area contributed by atoms with Crippen LogP contribution < -0.4 is 10.7 Å². The van der Waals surface area contributed by atoms with E-state index >= 15 is 0 Å². The number of benzene rings is 2. The number of hydrogen-bond donors (Lipinski definition) is 2. The molecule has 2 N–H and O–H groups in total. The molecular formula is C21H18N4O5. The molecular weight excluding hydrogens is 388 g/mol. The van der Waals surface area contributed by atoms with E-state index in [4.69, 9.17) is 4.42 Å². The van der Waals surface area contributed by atoms with E-state index in [0.717, 1.165) is 11.8 Å². The lowest BCUT2D eigenvalue weighted by Crippen LogP contribution is -2.32. The zero-order chi connectivity index (χ0) is 21.3. The summed E-state index contributed by atoms with van der Waals surface area (Å²) in [5, 5.41) is 17.2. The number of furan rings is 1. The molecule has 9 nitrogen and oxygen atoms in total. The lowest BCUT2D eigenvalue weighted by atomic mass is 10.0. The van der Waals surface area contributed by atoms with E-state index in [0.29, 0.717) is 5.56 Å². The summed E-state index contributed by atoms with van der Waals surface area (Å²) in [6.45, 7) is 0. The van der Waals surface area contributed by atoms with Gasteiger partial charge in [-0.3, -0.25) is 19.7 Å². The minimum absolute atomic E-state index is 0.0573. The van der Waals surface area contributed by atoms with E-state index in [2.05, 4.69) is 15.8 Å². The average molecular weight is 406 g/mol. The number of nitrogens with one attached hydrogen (secondary N) is 2. The highest BCUT2D eigenvalue weighted by Crippen LogP contribution is 2.18. The second-order valence-electron chi connectivity index (χ2n) is 6.23. The van der Waals surface area contributed by atoms with Gasteiger partial charge >= 0.3 is 5.88 Å². The van der Waals surface area contributed by atoms with Crippen LogP contribution in [0.3, 0.4) is 0 Å². The molecule has 152 valence electrons. The molecule has 30 heavy (non-hydrogen) atoms. The van der Waals surface area contributed by atoms with Gasteiger partial charge in [0.2, 0.25) is 5.91 Å². The Bertz CT molecular complexity index is 1050. The van der Waals surface area contributed by atoms with E-state index in [1.54, 1.807) is 24.3 Å². The maximum atomic E-state index is 12.5. The molecule has 0 saturated carbocycles. The number of amides is 2. The first-order valence-electron chi connectivity index (χ1n) is 9.00. The van der Waals surface area contributed by atoms with Crippen molar-refractivity contribution < 1.29 is 18.9 Å². The number of carbonyl (C=O) groups is 2. The third kappa shape index (κ3) is 5.61. The van der Waals surface area contributed by atoms with Crippen molar-refractivity contribution in [1.82, 2.24) is 10.7 Å². The summed E-state index contributed by atoms with van der Waals surface area (Å²) in [4.78, 5) is 34.8. The summed E-state index contributed by atoms with van der Waals surface area (Å²) in [6, 6.07) is 19.8. The van der Waals surface area contributed by atoms with Gasteiger partial charge < -0.3 is 9.73 Å². The molecule has 0 unspecified atom stereocenters. The molecule has 0 bridgehead atoms. The Balaban J connectivity index is 1.65. The minimum Gasteiger partial charge on any atom is -0.400 e. The zero-order valence-corrected chi connectivity index (χ0v) is 15.7. The van der Waals surface area contributed by atoms with Crippen LogP contribution in [0.25, 0.3) is 0 Å². The zero-order valence-electron chi connectivity index (χ0n) is 15.7. The van der Waals surface area contributed by atoms with Crippen LogP contribution in [0.1, 0.15) is 34.1 Å². The van der Waals surface area contributed by atoms with Crippen molar-refractivity contribution in [2.75, 3.05) is 0 Å². The van der Waals surface area contributed by atoms with Gasteiger partial charge in [0.05, 0.1) is 24.7 Å². The number of rotatable bonds is 8. The van der Waals surface area contributed by atoms with Crippen molar-refractivity contribution in [3.63, 3.8) is 0 Å². The summed E-state index contributed by atoms with van der Waals surface area (Å²) < 4.78 is 4.92. The minimum atomic E-state index is -0.671. The van der Waals surface area contributed by atoms with Crippen LogP contribution in [0, 0.1) is 10.1 Å². The van der Waals surface area contributed by atoms with Gasteiger partial charge in [-0.25, -0.2) is 5.43 Å². The van der Waals surface area contributed by atoms with E-state index in [1.165, 1.54) is 12.1 Å². The second-order valence-corrected chi connectivity index (χ2v) is 6.23. The van der Waals surface area contributed by atoms with Crippen molar-refractivity contribution in [1.29, 1.82) is 0 Å². The molecule has 0 aliphatic carbocycles. The number of nitrogens with zero attached hydrogens (tertiary/aromatic N) is 2. The highest BCUT2D eigenvalue weighted by molar-refractivity contribution is 5.94. The SMILES string of the molecule is O=C(C[C@H](NC(=O)c1ccccc1)c1ccccc1)N/N=C\c1ccc([N+](=O)[O-])o1. The molecule has 0 aliphatic rings. The van der Waals surface area contributed by atoms with E-state index < -0.39 is 22.8 Å². The second kappa shape index (κ2) is 9.78. The van der Waals surface area contributed by atoms with Crippen molar-refractivity contribution in [2.45, 2.75) is 12.5 Å². The summed E-state index contributed by atoms with van der Waals surface area (Å²) in [7, 11) is 0. The Morgan fingerprint density at radius 2 is 1.70 bits per heavy atom. The largest absolute Gasteiger partial charge is 0.433 e. The van der Waals surface area contributed by atoms with Crippen molar-refractivity contribution in [3.8, 4) is 0 Å². The molecule has 0 saturated heterocycles. The normalized spacial score (nSPS) is 11.7. The molecule has 3 rings (SSSR count). The van der Waals surface area contributed by atoms with Crippen LogP contribution in [0.2, 0.25) is 0 Å². The number of carbonyl (C=O) groups excluding carboxylic acids is 2. The molecule has 0 spiro atoms. The Morgan fingerprint density at radius 1 is 1.03 bits per heavy atom. The van der Waals surface area contributed by atoms with Crippen molar-refractivity contribution in [2.24, 2.45) is 5.10 Å². The summed E-state index contributed by atoms with van der Waals surface area (Å²) in [5.74, 6) is -1.05. The number of hydrogen-bond acceptors (Lipinski definition) is 6. The van der Waals surface area contributed by atoms with Gasteiger partial charge in [-0.15, -0.1) is 0 Å². The van der Waals surface area contributed by atoms with Crippen molar-refractivity contribution in [3.05, 3.63) is 99.8 Å². The smallest absolute Gasteiger partial charge is 0.400 e. The standard InChI is InChI=1S/C21H18N4O5/c26-19(24-22-14-17-11-12-20(30-17)25(28)29)13-18(15-7-3-1-4-8-15)23-21(27)16-9-5-2-6-10-16/h1-12,14,18H,13H2,(H,23,27)(H,24,26)/b22-14-/t18-/m0/s1. The predicted octanol–water partition coefficient (Wildman–Crippen LogP) is 3.20. The van der Waals surface area contributed by atoms with Crippen LogP contribution in [0.4, 0.5) is 5.88 Å². The summed E-state index contributed by atoms with van der Waals surface area (Å²) in [6.07, 6.45) is 1.10. The van der Waals surface area contributed by atoms with Gasteiger partial charge in [0.25, 0.3) is 5.91 Å². The Labute approximate surface area is 171 Å².